The van der Waals surface area contributed by atoms with Crippen molar-refractivity contribution in [2.24, 2.45) is 28.1 Å². The van der Waals surface area contributed by atoms with Crippen molar-refractivity contribution < 1.29 is 32.4 Å². The van der Waals surface area contributed by atoms with Gasteiger partial charge in [-0.3, -0.25) is 24.2 Å². The van der Waals surface area contributed by atoms with E-state index >= 15 is 0 Å². The molecule has 1 aromatic heterocycles. The van der Waals surface area contributed by atoms with E-state index in [1.54, 1.807) is 17.9 Å². The number of hydrogen-bond donors (Lipinski definition) is 4. The zero-order valence-corrected chi connectivity index (χ0v) is 33.3. The molecule has 3 fully saturated rings. The van der Waals surface area contributed by atoms with Gasteiger partial charge in [-0.1, -0.05) is 73.8 Å². The zero-order chi connectivity index (χ0) is 39.5. The van der Waals surface area contributed by atoms with Crippen LogP contribution in [-0.4, -0.2) is 103 Å². The Hall–Kier alpha value is -3.85. The number of nitrogens with one attached hydrogen (secondary N) is 4. The number of aromatic nitrogens is 1. The lowest BCUT2D eigenvalue weighted by molar-refractivity contribution is -0.146. The zero-order valence-electron chi connectivity index (χ0n) is 32.5. The molecule has 2 saturated carbocycles. The maximum Gasteiger partial charge on any atom is 0.315 e. The van der Waals surface area contributed by atoms with Gasteiger partial charge in [0.2, 0.25) is 27.6 Å². The number of hydrogen-bond acceptors (Lipinski definition) is 8. The van der Waals surface area contributed by atoms with E-state index < -0.39 is 68.6 Å². The highest BCUT2D eigenvalue weighted by Gasteiger charge is 2.70. The highest BCUT2D eigenvalue weighted by atomic mass is 32.2. The van der Waals surface area contributed by atoms with Crippen LogP contribution < -0.4 is 21.3 Å². The number of fused-ring (bicyclic) bond motifs is 1. The van der Waals surface area contributed by atoms with Crippen LogP contribution in [0.25, 0.3) is 0 Å². The summed E-state index contributed by atoms with van der Waals surface area (Å²) in [6, 6.07) is -1.21. The number of ketones is 1. The molecule has 0 radical (unpaired) electrons. The van der Waals surface area contributed by atoms with E-state index in [0.717, 1.165) is 19.3 Å². The van der Waals surface area contributed by atoms with E-state index in [1.165, 1.54) is 35.9 Å². The number of Topliss-reactive ketones (excluding diaryl/α,β-unsaturated/α-hetero) is 1. The first-order valence-corrected chi connectivity index (χ1v) is 20.1. The van der Waals surface area contributed by atoms with Crippen LogP contribution in [0.4, 0.5) is 4.79 Å². The van der Waals surface area contributed by atoms with Crippen LogP contribution in [0.5, 0.6) is 0 Å². The lowest BCUT2D eigenvalue weighted by Gasteiger charge is -2.43. The molecule has 5 amide bonds. The van der Waals surface area contributed by atoms with Gasteiger partial charge in [0.15, 0.2) is 0 Å². The molecule has 1 unspecified atom stereocenters. The molecule has 1 saturated heterocycles. The van der Waals surface area contributed by atoms with Crippen molar-refractivity contribution in [3.8, 4) is 0 Å². The molecule has 0 aromatic carbocycles. The molecule has 6 atom stereocenters. The Morgan fingerprint density at radius 2 is 1.74 bits per heavy atom. The van der Waals surface area contributed by atoms with Gasteiger partial charge < -0.3 is 26.2 Å². The molecule has 4 N–H and O–H groups in total. The number of nitrogens with zero attached hydrogens (tertiary/aromatic N) is 3. The Kier molecular flexibility index (Phi) is 12.9. The summed E-state index contributed by atoms with van der Waals surface area (Å²) in [5.41, 5.74) is -1.41. The number of likely N-dealkylation sites (tertiary alicyclic amines) is 1. The number of piperidine rings is 1. The highest BCUT2D eigenvalue weighted by Crippen LogP contribution is 2.65. The molecule has 1 aromatic rings. The third-order valence-electron chi connectivity index (χ3n) is 11.8. The number of likely N-dealkylation sites (N-methyl/N-ethyl adjacent to an activating group) is 1. The average Bonchev–Trinajstić information content (AvgIpc) is 3.41. The van der Waals surface area contributed by atoms with Gasteiger partial charge >= 0.3 is 6.03 Å². The lowest BCUT2D eigenvalue weighted by atomic mass is 9.70. The molecule has 2 heterocycles. The Morgan fingerprint density at radius 3 is 2.30 bits per heavy atom. The quantitative estimate of drug-likeness (QED) is 0.155. The molecule has 1 aliphatic heterocycles. The second-order valence-corrected chi connectivity index (χ2v) is 18.9. The van der Waals surface area contributed by atoms with Crippen molar-refractivity contribution in [3.05, 3.63) is 37.2 Å². The van der Waals surface area contributed by atoms with Gasteiger partial charge in [0.25, 0.3) is 5.91 Å². The van der Waals surface area contributed by atoms with Gasteiger partial charge in [-0.05, 0) is 59.5 Å². The minimum absolute atomic E-state index is 0.0338. The van der Waals surface area contributed by atoms with Gasteiger partial charge in [0.05, 0.1) is 6.04 Å². The summed E-state index contributed by atoms with van der Waals surface area (Å²) in [6.07, 6.45) is 8.54. The summed E-state index contributed by atoms with van der Waals surface area (Å²) in [4.78, 5) is 73.8. The van der Waals surface area contributed by atoms with Crippen molar-refractivity contribution in [3.63, 3.8) is 0 Å². The van der Waals surface area contributed by atoms with Gasteiger partial charge in [0, 0.05) is 45.1 Å². The molecule has 0 spiro atoms. The van der Waals surface area contributed by atoms with Crippen LogP contribution >= 0.6 is 0 Å². The second kappa shape index (κ2) is 16.3. The van der Waals surface area contributed by atoms with Crippen LogP contribution in [0.2, 0.25) is 0 Å². The third kappa shape index (κ3) is 9.10. The van der Waals surface area contributed by atoms with E-state index in [4.69, 9.17) is 0 Å². The molecule has 3 aliphatic rings. The molecule has 4 rings (SSSR count). The minimum Gasteiger partial charge on any atom is -0.346 e. The van der Waals surface area contributed by atoms with Gasteiger partial charge in [0.1, 0.15) is 17.0 Å². The first-order chi connectivity index (χ1) is 24.7. The minimum atomic E-state index is -3.90. The molecule has 14 nitrogen and oxygen atoms in total. The van der Waals surface area contributed by atoms with E-state index in [2.05, 4.69) is 46.7 Å². The SMILES string of the molecule is C=CCNC(=O)C(=O)C(CC)NC(=O)[C@@H]1[C@@H]2[C@H](CN1C(=O)[C@@H](NC(=O)N[C@H](CN(C)S(=O)(=O)c1cccnc1)C(C)(C)C)C1(C)CCCCC1)C2(C)C. The average molecular weight is 758 g/mol. The van der Waals surface area contributed by atoms with Crippen LogP contribution in [0, 0.1) is 28.1 Å². The largest absolute Gasteiger partial charge is 0.346 e. The molecule has 0 bridgehead atoms. The maximum atomic E-state index is 14.8. The van der Waals surface area contributed by atoms with Crippen LogP contribution in [-0.2, 0) is 29.2 Å². The first kappa shape index (κ1) is 41.9. The topological polar surface area (TPSA) is 187 Å². The van der Waals surface area contributed by atoms with Crippen molar-refractivity contribution in [1.29, 1.82) is 0 Å². The van der Waals surface area contributed by atoms with Crippen LogP contribution in [0.1, 0.15) is 87.0 Å². The van der Waals surface area contributed by atoms with Gasteiger partial charge in [-0.2, -0.15) is 4.31 Å². The van der Waals surface area contributed by atoms with E-state index in [1.807, 2.05) is 27.7 Å². The lowest BCUT2D eigenvalue weighted by Crippen LogP contribution is -2.63. The summed E-state index contributed by atoms with van der Waals surface area (Å²) in [5, 5.41) is 11.2. The standard InChI is InChI=1S/C38H59N7O7S/c1-10-19-40-33(48)30(46)26(11-2)41-32(47)29-28-25(37(28,6)7)22-45(29)34(49)31(38(8)17-13-12-14-18-38)43-35(50)42-27(36(3,4)5)23-44(9)53(51,52)24-16-15-20-39-21-24/h10,15-16,20-21,25-29,31H,1,11-14,17-19,22-23H2,2-9H3,(H,40,48)(H,41,47)(H2,42,43,50)/t25-,26?,27+,28-,29-,31+/m0/s1. The Morgan fingerprint density at radius 1 is 1.08 bits per heavy atom. The number of amides is 5. The molecular formula is C38H59N7O7S. The van der Waals surface area contributed by atoms with Gasteiger partial charge in [-0.15, -0.1) is 6.58 Å². The van der Waals surface area contributed by atoms with Gasteiger partial charge in [-0.25, -0.2) is 13.2 Å². The fraction of sp³-hybridized carbons (Fsp3) is 0.684. The van der Waals surface area contributed by atoms with E-state index in [9.17, 15) is 32.4 Å². The summed E-state index contributed by atoms with van der Waals surface area (Å²) >= 11 is 0. The Labute approximate surface area is 314 Å². The summed E-state index contributed by atoms with van der Waals surface area (Å²) in [7, 11) is -2.45. The normalized spacial score (nSPS) is 23.5. The van der Waals surface area contributed by atoms with Crippen LogP contribution in [0.3, 0.4) is 0 Å². The summed E-state index contributed by atoms with van der Waals surface area (Å²) in [5.74, 6) is -2.59. The molecular weight excluding hydrogens is 699 g/mol. The summed E-state index contributed by atoms with van der Waals surface area (Å²) in [6.45, 7) is 17.4. The smallest absolute Gasteiger partial charge is 0.315 e. The summed E-state index contributed by atoms with van der Waals surface area (Å²) < 4.78 is 27.9. The fourth-order valence-electron chi connectivity index (χ4n) is 8.08. The fourth-order valence-corrected chi connectivity index (χ4v) is 9.23. The highest BCUT2D eigenvalue weighted by molar-refractivity contribution is 7.89. The van der Waals surface area contributed by atoms with Crippen molar-refractivity contribution in [2.75, 3.05) is 26.7 Å². The van der Waals surface area contributed by atoms with Crippen molar-refractivity contribution in [1.82, 2.24) is 35.5 Å². The van der Waals surface area contributed by atoms with E-state index in [-0.39, 0.29) is 47.6 Å². The maximum absolute atomic E-state index is 14.8. The number of pyridine rings is 1. The van der Waals surface area contributed by atoms with Crippen molar-refractivity contribution >= 4 is 39.6 Å². The Balaban J connectivity index is 1.58. The molecule has 15 heteroatoms. The molecule has 294 valence electrons. The van der Waals surface area contributed by atoms with Crippen molar-refractivity contribution in [2.45, 2.75) is 116 Å². The second-order valence-electron chi connectivity index (χ2n) is 16.9. The molecule has 53 heavy (non-hydrogen) atoms. The monoisotopic (exact) mass is 757 g/mol. The Bertz CT molecular complexity index is 1650. The number of carbonyl (C=O) groups is 5. The predicted molar refractivity (Wildman–Crippen MR) is 201 cm³/mol. The number of rotatable bonds is 15. The van der Waals surface area contributed by atoms with E-state index in [0.29, 0.717) is 19.4 Å². The first-order valence-electron chi connectivity index (χ1n) is 18.7. The van der Waals surface area contributed by atoms with Crippen LogP contribution in [0.15, 0.2) is 42.1 Å². The number of urea groups is 1. The molecule has 2 aliphatic carbocycles. The number of carbonyl (C=O) groups excluding carboxylic acids is 5. The third-order valence-corrected chi connectivity index (χ3v) is 13.6. The number of sulfonamides is 1. The predicted octanol–water partition coefficient (Wildman–Crippen LogP) is 3.00.